The number of hydrogen-bond donors (Lipinski definition) is 4. The normalized spacial score (nSPS) is 31.8. The molecule has 0 aromatic rings. The van der Waals surface area contributed by atoms with E-state index >= 15 is 0 Å². The Labute approximate surface area is 230 Å². The Balaban J connectivity index is 1.39. The Bertz CT molecular complexity index is 994. The molecule has 3 aliphatic carbocycles. The molecule has 2 bridgehead atoms. The second kappa shape index (κ2) is 11.6. The average molecular weight is 546 g/mol. The molecule has 4 N–H and O–H groups in total. The van der Waals surface area contributed by atoms with Crippen molar-refractivity contribution in [2.75, 3.05) is 6.54 Å². The van der Waals surface area contributed by atoms with Gasteiger partial charge < -0.3 is 19.9 Å². The van der Waals surface area contributed by atoms with Gasteiger partial charge in [0.15, 0.2) is 5.03 Å². The summed E-state index contributed by atoms with van der Waals surface area (Å²) >= 11 is 0. The van der Waals surface area contributed by atoms with Crippen molar-refractivity contribution in [3.63, 3.8) is 0 Å². The highest BCUT2D eigenvalue weighted by Crippen LogP contribution is 2.65. The number of nitrogens with one attached hydrogen (secondary N) is 4. The van der Waals surface area contributed by atoms with Crippen LogP contribution in [0, 0.1) is 33.3 Å². The molecule has 2 aliphatic heterocycles. The predicted octanol–water partition coefficient (Wildman–Crippen LogP) is 1.68. The van der Waals surface area contributed by atoms with Crippen molar-refractivity contribution < 1.29 is 23.9 Å². The zero-order valence-corrected chi connectivity index (χ0v) is 23.6. The lowest BCUT2D eigenvalue weighted by Gasteiger charge is -2.64. The van der Waals surface area contributed by atoms with Crippen molar-refractivity contribution in [2.45, 2.75) is 96.7 Å². The van der Waals surface area contributed by atoms with E-state index < -0.39 is 30.4 Å². The Hall–Kier alpha value is -2.48. The second-order valence-electron chi connectivity index (χ2n) is 12.4. The van der Waals surface area contributed by atoms with Crippen molar-refractivity contribution in [3.05, 3.63) is 34.9 Å². The number of rotatable bonds is 14. The van der Waals surface area contributed by atoms with Crippen LogP contribution in [0.15, 0.2) is 24.8 Å². The van der Waals surface area contributed by atoms with Crippen LogP contribution in [-0.2, 0) is 18.9 Å². The van der Waals surface area contributed by atoms with E-state index in [-0.39, 0.29) is 34.9 Å². The van der Waals surface area contributed by atoms with Crippen LogP contribution in [0.4, 0.5) is 0 Å². The fourth-order valence-corrected chi connectivity index (χ4v) is 6.65. The topological polar surface area (TPSA) is 157 Å². The van der Waals surface area contributed by atoms with Gasteiger partial charge in [-0.25, -0.2) is 10.1 Å². The third-order valence-electron chi connectivity index (χ3n) is 8.98. The first-order chi connectivity index (χ1) is 18.4. The minimum absolute atomic E-state index is 0.00576. The number of nitro groups is 1. The fourth-order valence-electron chi connectivity index (χ4n) is 6.65. The molecular formula is C26H43BN6O6. The van der Waals surface area contributed by atoms with E-state index in [0.29, 0.717) is 37.6 Å². The molecule has 2 saturated heterocycles. The first-order valence-corrected chi connectivity index (χ1v) is 14.0. The summed E-state index contributed by atoms with van der Waals surface area (Å²) in [6, 6.07) is -0.798. The first-order valence-electron chi connectivity index (χ1n) is 14.0. The van der Waals surface area contributed by atoms with Crippen LogP contribution in [-0.4, -0.2) is 65.6 Å². The molecular weight excluding hydrogens is 503 g/mol. The Morgan fingerprint density at radius 2 is 2.03 bits per heavy atom. The van der Waals surface area contributed by atoms with Gasteiger partial charge in [0.25, 0.3) is 0 Å². The van der Waals surface area contributed by atoms with E-state index in [0.717, 1.165) is 18.0 Å². The molecule has 5 fully saturated rings. The summed E-state index contributed by atoms with van der Waals surface area (Å²) < 4.78 is 13.1. The van der Waals surface area contributed by atoms with Gasteiger partial charge in [-0.1, -0.05) is 46.4 Å². The van der Waals surface area contributed by atoms with Crippen LogP contribution in [0.2, 0.25) is 0 Å². The maximum Gasteiger partial charge on any atom is 0.481 e. The van der Waals surface area contributed by atoms with Crippen molar-refractivity contribution in [1.29, 1.82) is 0 Å². The Morgan fingerprint density at radius 3 is 2.64 bits per heavy atom. The van der Waals surface area contributed by atoms with Crippen molar-refractivity contribution in [3.8, 4) is 0 Å². The summed E-state index contributed by atoms with van der Waals surface area (Å²) in [4.78, 5) is 36.7. The zero-order valence-electron chi connectivity index (χ0n) is 23.6. The number of carbonyl (C=O) groups is 2. The summed E-state index contributed by atoms with van der Waals surface area (Å²) in [7, 11) is -0.561. The molecule has 7 atom stereocenters. The number of hydrazine groups is 2. The molecule has 39 heavy (non-hydrogen) atoms. The Morgan fingerprint density at radius 1 is 1.28 bits per heavy atom. The zero-order chi connectivity index (χ0) is 28.5. The first kappa shape index (κ1) is 29.5. The molecule has 5 aliphatic rings. The lowest BCUT2D eigenvalue weighted by Crippen LogP contribution is -2.65. The van der Waals surface area contributed by atoms with Crippen LogP contribution in [0.25, 0.3) is 0 Å². The van der Waals surface area contributed by atoms with E-state index in [9.17, 15) is 19.7 Å². The summed E-state index contributed by atoms with van der Waals surface area (Å²) in [5.41, 5.74) is 2.41. The molecule has 1 unspecified atom stereocenters. The number of nitrogens with zero attached hydrogens (tertiary/aromatic N) is 2. The molecule has 0 aromatic carbocycles. The highest BCUT2D eigenvalue weighted by Gasteiger charge is 2.68. The molecule has 216 valence electrons. The van der Waals surface area contributed by atoms with Gasteiger partial charge >= 0.3 is 7.12 Å². The maximum absolute atomic E-state index is 13.5. The predicted molar refractivity (Wildman–Crippen MR) is 146 cm³/mol. The summed E-state index contributed by atoms with van der Waals surface area (Å²) in [6.45, 7) is 15.0. The quantitative estimate of drug-likeness (QED) is 0.0484. The summed E-state index contributed by atoms with van der Waals surface area (Å²) in [5, 5.41) is 20.0. The molecule has 3 saturated carbocycles. The van der Waals surface area contributed by atoms with Gasteiger partial charge in [0.2, 0.25) is 18.1 Å². The number of hydrogen-bond acceptors (Lipinski definition) is 8. The van der Waals surface area contributed by atoms with Crippen molar-refractivity contribution in [1.82, 2.24) is 26.5 Å². The van der Waals surface area contributed by atoms with Gasteiger partial charge in [-0.3, -0.25) is 14.9 Å². The molecule has 12 nitrogen and oxygen atoms in total. The molecule has 0 spiro atoms. The monoisotopic (exact) mass is 546 g/mol. The minimum atomic E-state index is -0.798. The van der Waals surface area contributed by atoms with Gasteiger partial charge in [-0.15, -0.1) is 5.43 Å². The molecule has 0 radical (unpaired) electrons. The van der Waals surface area contributed by atoms with Crippen LogP contribution < -0.4 is 21.4 Å². The molecule has 2 amide bonds. The van der Waals surface area contributed by atoms with Gasteiger partial charge in [0, 0.05) is 6.08 Å². The fraction of sp³-hybridized carbons (Fsp3) is 0.769. The standard InChI is InChI=1S/C26H43BN6O6/c1-7-8-11-22(34)29-18(10-9-12-28-24-31-32(24)33(36)37)23(35)30-21(13-16(2)3)27-38-20-15-17-14-19(25(17,4)5)26(20,6)39-27/h7-8,11,16-21,24,28,31H,1,9-10,12-15H2,2-6H3,(H,29,34)(H,30,35)/t17-,18-,19-,20+,21-,24?,26-,32?/m0/s1. The van der Waals surface area contributed by atoms with Crippen LogP contribution in [0.5, 0.6) is 0 Å². The molecule has 5 rings (SSSR count). The number of allylic oxidation sites excluding steroid dienone is 2. The number of carbonyl (C=O) groups excluding carboxylic acids is 2. The third kappa shape index (κ3) is 6.31. The van der Waals surface area contributed by atoms with E-state index in [1.54, 1.807) is 0 Å². The third-order valence-corrected chi connectivity index (χ3v) is 8.98. The lowest BCUT2D eigenvalue weighted by atomic mass is 9.43. The SMILES string of the molecule is C=CC=CC(=O)N[C@@H](CCCNC1NN1[N+](=O)[O-])C(=O)N[C@@H](CC(C)C)B1O[C@@H]2C[C@@H]3C[C@@H](C3(C)C)[C@]2(C)O1. The van der Waals surface area contributed by atoms with Crippen LogP contribution >= 0.6 is 0 Å². The largest absolute Gasteiger partial charge is 0.481 e. The van der Waals surface area contributed by atoms with Crippen molar-refractivity contribution >= 4 is 18.9 Å². The van der Waals surface area contributed by atoms with Crippen molar-refractivity contribution in [2.24, 2.45) is 23.2 Å². The Kier molecular flexibility index (Phi) is 8.75. The average Bonchev–Trinajstić information content (AvgIpc) is 3.55. The number of amides is 2. The lowest BCUT2D eigenvalue weighted by molar-refractivity contribution is -0.627. The van der Waals surface area contributed by atoms with Gasteiger partial charge in [-0.2, -0.15) is 0 Å². The van der Waals surface area contributed by atoms with Gasteiger partial charge in [-0.05, 0) is 73.9 Å². The highest BCUT2D eigenvalue weighted by molar-refractivity contribution is 6.48. The van der Waals surface area contributed by atoms with E-state index in [4.69, 9.17) is 9.31 Å². The van der Waals surface area contributed by atoms with E-state index in [1.807, 2.05) is 0 Å². The van der Waals surface area contributed by atoms with Gasteiger partial charge in [0.1, 0.15) is 6.04 Å². The summed E-state index contributed by atoms with van der Waals surface area (Å²) in [5.74, 6) is 0.242. The van der Waals surface area contributed by atoms with Gasteiger partial charge in [0.05, 0.1) is 17.6 Å². The van der Waals surface area contributed by atoms with Crippen LogP contribution in [0.1, 0.15) is 66.7 Å². The van der Waals surface area contributed by atoms with E-state index in [1.165, 1.54) is 18.2 Å². The molecule has 2 heterocycles. The maximum atomic E-state index is 13.5. The smallest absolute Gasteiger partial charge is 0.404 e. The second-order valence-corrected chi connectivity index (χ2v) is 12.4. The van der Waals surface area contributed by atoms with Crippen LogP contribution in [0.3, 0.4) is 0 Å². The highest BCUT2D eigenvalue weighted by atomic mass is 16.7. The van der Waals surface area contributed by atoms with E-state index in [2.05, 4.69) is 62.6 Å². The molecule has 0 aromatic heterocycles. The molecule has 13 heteroatoms. The summed E-state index contributed by atoms with van der Waals surface area (Å²) in [6.07, 6.45) is 7.42. The minimum Gasteiger partial charge on any atom is -0.404 e.